The molecule has 1 aliphatic rings. The molecule has 0 fully saturated rings. The zero-order chi connectivity index (χ0) is 16.2. The summed E-state index contributed by atoms with van der Waals surface area (Å²) in [4.78, 5) is 11.4. The van der Waals surface area contributed by atoms with E-state index in [4.69, 9.17) is 9.73 Å². The first kappa shape index (κ1) is 15.4. The van der Waals surface area contributed by atoms with Crippen molar-refractivity contribution >= 4 is 11.8 Å². The molecule has 0 radical (unpaired) electrons. The lowest BCUT2D eigenvalue weighted by Crippen LogP contribution is -1.93. The van der Waals surface area contributed by atoms with E-state index in [2.05, 4.69) is 36.0 Å². The SMILES string of the molecule is CCCCc1cc(C)c(/C=C2\N=C(c3ccc[nH]3)C=C2OC)[nH]1. The minimum absolute atomic E-state index is 0.790. The molecule has 2 N–H and O–H groups in total. The Balaban J connectivity index is 1.89. The Morgan fingerprint density at radius 2 is 2.22 bits per heavy atom. The summed E-state index contributed by atoms with van der Waals surface area (Å²) in [5.74, 6) is 0.790. The predicted molar refractivity (Wildman–Crippen MR) is 94.5 cm³/mol. The van der Waals surface area contributed by atoms with E-state index in [1.54, 1.807) is 7.11 Å². The molecule has 0 unspecified atom stereocenters. The highest BCUT2D eigenvalue weighted by Crippen LogP contribution is 2.25. The van der Waals surface area contributed by atoms with Crippen LogP contribution in [0.25, 0.3) is 6.08 Å². The highest BCUT2D eigenvalue weighted by molar-refractivity contribution is 6.11. The van der Waals surface area contributed by atoms with Gasteiger partial charge in [-0.2, -0.15) is 0 Å². The zero-order valence-corrected chi connectivity index (χ0v) is 13.9. The van der Waals surface area contributed by atoms with Crippen LogP contribution in [0.2, 0.25) is 0 Å². The molecule has 0 saturated carbocycles. The van der Waals surface area contributed by atoms with Crippen LogP contribution in [0.1, 0.15) is 42.4 Å². The van der Waals surface area contributed by atoms with Gasteiger partial charge in [-0.1, -0.05) is 13.3 Å². The summed E-state index contributed by atoms with van der Waals surface area (Å²) in [6.07, 6.45) is 9.42. The average Bonchev–Trinajstić information content (AvgIpc) is 3.26. The van der Waals surface area contributed by atoms with E-state index in [1.807, 2.05) is 24.4 Å². The van der Waals surface area contributed by atoms with Gasteiger partial charge in [-0.25, -0.2) is 4.99 Å². The van der Waals surface area contributed by atoms with Crippen LogP contribution in [0.4, 0.5) is 0 Å². The monoisotopic (exact) mass is 309 g/mol. The van der Waals surface area contributed by atoms with Crippen molar-refractivity contribution in [2.24, 2.45) is 4.99 Å². The molecule has 2 aromatic rings. The minimum Gasteiger partial charge on any atom is -0.494 e. The van der Waals surface area contributed by atoms with Crippen LogP contribution in [0, 0.1) is 6.92 Å². The van der Waals surface area contributed by atoms with Gasteiger partial charge in [0.1, 0.15) is 11.5 Å². The maximum absolute atomic E-state index is 5.49. The third-order valence-corrected chi connectivity index (χ3v) is 4.05. The number of H-pyrrole nitrogens is 2. The van der Waals surface area contributed by atoms with E-state index in [0.29, 0.717) is 0 Å². The Labute approximate surface area is 137 Å². The standard InChI is InChI=1S/C19H23N3O/c1-4-5-7-14-10-13(2)16(21-14)11-18-19(23-3)12-17(22-18)15-8-6-9-20-15/h6,8-12,20-21H,4-5,7H2,1-3H3/b18-11-. The Morgan fingerprint density at radius 3 is 2.91 bits per heavy atom. The number of methoxy groups -OCH3 is 1. The van der Waals surface area contributed by atoms with Crippen LogP contribution in [-0.2, 0) is 11.2 Å². The molecule has 2 aromatic heterocycles. The Bertz CT molecular complexity index is 761. The molecule has 3 rings (SSSR count). The Kier molecular flexibility index (Phi) is 4.51. The molecule has 4 heteroatoms. The number of hydrogen-bond donors (Lipinski definition) is 2. The van der Waals surface area contributed by atoms with E-state index in [1.165, 1.54) is 24.1 Å². The van der Waals surface area contributed by atoms with Crippen LogP contribution in [-0.4, -0.2) is 22.8 Å². The number of nitrogens with zero attached hydrogens (tertiary/aromatic N) is 1. The average molecular weight is 309 g/mol. The van der Waals surface area contributed by atoms with E-state index >= 15 is 0 Å². The first-order valence-electron chi connectivity index (χ1n) is 8.10. The molecule has 4 nitrogen and oxygen atoms in total. The first-order valence-corrected chi connectivity index (χ1v) is 8.10. The molecule has 0 saturated heterocycles. The quantitative estimate of drug-likeness (QED) is 0.818. The van der Waals surface area contributed by atoms with Gasteiger partial charge in [-0.15, -0.1) is 0 Å². The van der Waals surface area contributed by atoms with Gasteiger partial charge in [-0.05, 0) is 49.6 Å². The lowest BCUT2D eigenvalue weighted by Gasteiger charge is -2.01. The third kappa shape index (κ3) is 3.31. The third-order valence-electron chi connectivity index (χ3n) is 4.05. The maximum Gasteiger partial charge on any atom is 0.146 e. The smallest absolute Gasteiger partial charge is 0.146 e. The van der Waals surface area contributed by atoms with Crippen LogP contribution >= 0.6 is 0 Å². The molecular weight excluding hydrogens is 286 g/mol. The molecule has 3 heterocycles. The van der Waals surface area contributed by atoms with E-state index in [9.17, 15) is 0 Å². The minimum atomic E-state index is 0.790. The summed E-state index contributed by atoms with van der Waals surface area (Å²) in [6, 6.07) is 6.20. The lowest BCUT2D eigenvalue weighted by molar-refractivity contribution is 0.303. The van der Waals surface area contributed by atoms with E-state index in [-0.39, 0.29) is 0 Å². The summed E-state index contributed by atoms with van der Waals surface area (Å²) in [5.41, 5.74) is 6.37. The Hall–Kier alpha value is -2.49. The van der Waals surface area contributed by atoms with Gasteiger partial charge in [0.2, 0.25) is 0 Å². The topological polar surface area (TPSA) is 53.2 Å². The fourth-order valence-corrected chi connectivity index (χ4v) is 2.75. The van der Waals surface area contributed by atoms with Gasteiger partial charge in [0.05, 0.1) is 18.5 Å². The molecule has 1 aliphatic heterocycles. The number of aliphatic imine (C=N–C) groups is 1. The highest BCUT2D eigenvalue weighted by Gasteiger charge is 2.17. The molecular formula is C19H23N3O. The Morgan fingerprint density at radius 1 is 1.35 bits per heavy atom. The number of aromatic amines is 2. The van der Waals surface area contributed by atoms with E-state index < -0.39 is 0 Å². The number of aryl methyl sites for hydroxylation is 2. The van der Waals surface area contributed by atoms with Crippen LogP contribution in [0.5, 0.6) is 0 Å². The lowest BCUT2D eigenvalue weighted by atomic mass is 10.2. The normalized spacial score (nSPS) is 15.9. The number of rotatable bonds is 6. The summed E-state index contributed by atoms with van der Waals surface area (Å²) in [7, 11) is 1.68. The summed E-state index contributed by atoms with van der Waals surface area (Å²) in [6.45, 7) is 4.34. The van der Waals surface area contributed by atoms with E-state index in [0.717, 1.165) is 35.0 Å². The van der Waals surface area contributed by atoms with Gasteiger partial charge in [-0.3, -0.25) is 0 Å². The molecule has 0 atom stereocenters. The molecule has 0 aromatic carbocycles. The number of aromatic nitrogens is 2. The summed E-state index contributed by atoms with van der Waals surface area (Å²) < 4.78 is 5.49. The van der Waals surface area contributed by atoms with Crippen LogP contribution in [0.15, 0.2) is 46.9 Å². The molecule has 23 heavy (non-hydrogen) atoms. The van der Waals surface area contributed by atoms with Gasteiger partial charge in [0, 0.05) is 23.7 Å². The highest BCUT2D eigenvalue weighted by atomic mass is 16.5. The maximum atomic E-state index is 5.49. The van der Waals surface area contributed by atoms with Crippen LogP contribution in [0.3, 0.4) is 0 Å². The molecule has 0 amide bonds. The first-order chi connectivity index (χ1) is 11.2. The number of unbranched alkanes of at least 4 members (excludes halogenated alkanes) is 1. The van der Waals surface area contributed by atoms with Crippen molar-refractivity contribution in [3.63, 3.8) is 0 Å². The second-order valence-electron chi connectivity index (χ2n) is 5.82. The molecule has 0 spiro atoms. The number of nitrogens with one attached hydrogen (secondary N) is 2. The zero-order valence-electron chi connectivity index (χ0n) is 13.9. The number of ether oxygens (including phenoxy) is 1. The van der Waals surface area contributed by atoms with Gasteiger partial charge in [0.15, 0.2) is 0 Å². The second-order valence-corrected chi connectivity index (χ2v) is 5.82. The molecule has 120 valence electrons. The second kappa shape index (κ2) is 6.73. The summed E-state index contributed by atoms with van der Waals surface area (Å²) >= 11 is 0. The van der Waals surface area contributed by atoms with Crippen LogP contribution < -0.4 is 0 Å². The van der Waals surface area contributed by atoms with Gasteiger partial charge >= 0.3 is 0 Å². The summed E-state index contributed by atoms with van der Waals surface area (Å²) in [5, 5.41) is 0. The van der Waals surface area contributed by atoms with Crippen molar-refractivity contribution in [1.82, 2.24) is 9.97 Å². The fourth-order valence-electron chi connectivity index (χ4n) is 2.75. The van der Waals surface area contributed by atoms with Gasteiger partial charge < -0.3 is 14.7 Å². The number of hydrogen-bond acceptors (Lipinski definition) is 2. The number of allylic oxidation sites excluding steroid dienone is 1. The van der Waals surface area contributed by atoms with Crippen molar-refractivity contribution in [3.05, 3.63) is 64.6 Å². The molecule has 0 aliphatic carbocycles. The van der Waals surface area contributed by atoms with Crippen molar-refractivity contribution < 1.29 is 4.74 Å². The fraction of sp³-hybridized carbons (Fsp3) is 0.316. The van der Waals surface area contributed by atoms with Crippen molar-refractivity contribution in [3.8, 4) is 0 Å². The predicted octanol–water partition coefficient (Wildman–Crippen LogP) is 4.37. The van der Waals surface area contributed by atoms with Crippen molar-refractivity contribution in [1.29, 1.82) is 0 Å². The van der Waals surface area contributed by atoms with Crippen molar-refractivity contribution in [2.45, 2.75) is 33.1 Å². The molecule has 0 bridgehead atoms. The largest absolute Gasteiger partial charge is 0.494 e. The van der Waals surface area contributed by atoms with Crippen molar-refractivity contribution in [2.75, 3.05) is 7.11 Å². The van der Waals surface area contributed by atoms with Gasteiger partial charge in [0.25, 0.3) is 0 Å².